The number of hydrogen-bond acceptors (Lipinski definition) is 1. The third-order valence-electron chi connectivity index (χ3n) is 6.49. The van der Waals surface area contributed by atoms with Gasteiger partial charge in [0.25, 0.3) is 0 Å². The van der Waals surface area contributed by atoms with Gasteiger partial charge in [-0.1, -0.05) is 73.7 Å². The quantitative estimate of drug-likeness (QED) is 0.631. The van der Waals surface area contributed by atoms with Gasteiger partial charge in [0.2, 0.25) is 0 Å². The van der Waals surface area contributed by atoms with E-state index in [-0.39, 0.29) is 5.41 Å². The Bertz CT molecular complexity index is 806. The molecule has 0 spiro atoms. The molecule has 1 fully saturated rings. The molecular weight excluding hydrogens is 304 g/mol. The van der Waals surface area contributed by atoms with Gasteiger partial charge in [-0.2, -0.15) is 0 Å². The smallest absolute Gasteiger partial charge is 0.169 e. The van der Waals surface area contributed by atoms with E-state index in [1.165, 1.54) is 59.9 Å². The molecule has 0 aliphatic heterocycles. The van der Waals surface area contributed by atoms with Crippen LogP contribution in [-0.4, -0.2) is 5.78 Å². The first-order valence-electron chi connectivity index (χ1n) is 9.74. The molecule has 1 atom stereocenters. The first-order chi connectivity index (χ1) is 12.0. The molecule has 2 aromatic rings. The van der Waals surface area contributed by atoms with Crippen LogP contribution in [0.4, 0.5) is 0 Å². The Balaban J connectivity index is 1.69. The van der Waals surface area contributed by atoms with Crippen LogP contribution in [-0.2, 0) is 6.42 Å². The summed E-state index contributed by atoms with van der Waals surface area (Å²) < 4.78 is 0. The fraction of sp³-hybridized carbons (Fsp3) is 0.458. The van der Waals surface area contributed by atoms with Crippen LogP contribution < -0.4 is 0 Å². The van der Waals surface area contributed by atoms with E-state index in [1.807, 2.05) is 0 Å². The van der Waals surface area contributed by atoms with Crippen molar-refractivity contribution in [1.29, 1.82) is 0 Å². The SMILES string of the molecule is Cc1cc(C)cc(-c2ccc3c(c2)CC(C)(C2CCCCC2)C3=O)c1. The lowest BCUT2D eigenvalue weighted by Crippen LogP contribution is -2.34. The normalized spacial score (nSPS) is 23.7. The average molecular weight is 332 g/mol. The molecule has 1 unspecified atom stereocenters. The average Bonchev–Trinajstić information content (AvgIpc) is 2.86. The summed E-state index contributed by atoms with van der Waals surface area (Å²) >= 11 is 0. The number of aryl methyl sites for hydroxylation is 2. The molecule has 1 saturated carbocycles. The van der Waals surface area contributed by atoms with Crippen LogP contribution in [0.25, 0.3) is 11.1 Å². The van der Waals surface area contributed by atoms with Gasteiger partial charge in [0.15, 0.2) is 5.78 Å². The fourth-order valence-corrected chi connectivity index (χ4v) is 5.14. The van der Waals surface area contributed by atoms with Crippen LogP contribution in [0.2, 0.25) is 0 Å². The number of Topliss-reactive ketones (excluding diaryl/α,β-unsaturated/α-hetero) is 1. The maximum atomic E-state index is 13.2. The molecule has 0 N–H and O–H groups in total. The molecule has 2 aliphatic rings. The van der Waals surface area contributed by atoms with E-state index in [2.05, 4.69) is 57.2 Å². The molecule has 2 aromatic carbocycles. The molecule has 0 radical (unpaired) electrons. The second-order valence-electron chi connectivity index (χ2n) is 8.51. The Labute approximate surface area is 151 Å². The molecule has 0 saturated heterocycles. The van der Waals surface area contributed by atoms with Gasteiger partial charge in [0.1, 0.15) is 0 Å². The molecule has 130 valence electrons. The lowest BCUT2D eigenvalue weighted by atomic mass is 9.67. The van der Waals surface area contributed by atoms with Gasteiger partial charge >= 0.3 is 0 Å². The minimum absolute atomic E-state index is 0.177. The molecule has 0 amide bonds. The zero-order chi connectivity index (χ0) is 17.6. The number of rotatable bonds is 2. The van der Waals surface area contributed by atoms with Crippen molar-refractivity contribution in [3.63, 3.8) is 0 Å². The van der Waals surface area contributed by atoms with E-state index in [0.29, 0.717) is 11.7 Å². The van der Waals surface area contributed by atoms with Gasteiger partial charge in [-0.15, -0.1) is 0 Å². The first kappa shape index (κ1) is 16.6. The van der Waals surface area contributed by atoms with Crippen molar-refractivity contribution in [1.82, 2.24) is 0 Å². The predicted molar refractivity (Wildman–Crippen MR) is 104 cm³/mol. The van der Waals surface area contributed by atoms with Gasteiger partial charge < -0.3 is 0 Å². The number of hydrogen-bond donors (Lipinski definition) is 0. The van der Waals surface area contributed by atoms with Gasteiger partial charge in [0.05, 0.1) is 0 Å². The van der Waals surface area contributed by atoms with Gasteiger partial charge in [-0.05, 0) is 55.7 Å². The summed E-state index contributed by atoms with van der Waals surface area (Å²) in [5.74, 6) is 0.951. The highest BCUT2D eigenvalue weighted by atomic mass is 16.1. The van der Waals surface area contributed by atoms with Crippen LogP contribution in [0.1, 0.15) is 66.1 Å². The molecule has 0 aromatic heterocycles. The van der Waals surface area contributed by atoms with E-state index < -0.39 is 0 Å². The predicted octanol–water partition coefficient (Wildman–Crippen LogP) is 6.30. The standard InChI is InChI=1S/C24H28O/c1-16-11-17(2)13-19(12-16)18-9-10-22-20(14-18)15-24(3,23(22)25)21-7-5-4-6-8-21/h9-14,21H,4-8,15H2,1-3H3. The van der Waals surface area contributed by atoms with Crippen molar-refractivity contribution in [3.05, 3.63) is 58.7 Å². The fourth-order valence-electron chi connectivity index (χ4n) is 5.14. The van der Waals surface area contributed by atoms with E-state index in [9.17, 15) is 4.79 Å². The largest absolute Gasteiger partial charge is 0.294 e. The molecule has 0 bridgehead atoms. The van der Waals surface area contributed by atoms with Crippen LogP contribution >= 0.6 is 0 Å². The summed E-state index contributed by atoms with van der Waals surface area (Å²) in [6.07, 6.45) is 7.28. The maximum absolute atomic E-state index is 13.2. The van der Waals surface area contributed by atoms with Gasteiger partial charge in [-0.3, -0.25) is 4.79 Å². The Morgan fingerprint density at radius 1 is 0.880 bits per heavy atom. The molecule has 0 heterocycles. The minimum Gasteiger partial charge on any atom is -0.294 e. The Kier molecular flexibility index (Phi) is 4.06. The molecule has 25 heavy (non-hydrogen) atoms. The van der Waals surface area contributed by atoms with Crippen LogP contribution in [0.5, 0.6) is 0 Å². The summed E-state index contributed by atoms with van der Waals surface area (Å²) in [7, 11) is 0. The third kappa shape index (κ3) is 2.84. The van der Waals surface area contributed by atoms with E-state index in [4.69, 9.17) is 0 Å². The van der Waals surface area contributed by atoms with Crippen LogP contribution in [0, 0.1) is 25.2 Å². The Morgan fingerprint density at radius 3 is 2.24 bits per heavy atom. The zero-order valence-corrected chi connectivity index (χ0v) is 15.7. The molecule has 4 rings (SSSR count). The van der Waals surface area contributed by atoms with E-state index in [1.54, 1.807) is 0 Å². The third-order valence-corrected chi connectivity index (χ3v) is 6.49. The maximum Gasteiger partial charge on any atom is 0.169 e. The highest BCUT2D eigenvalue weighted by Crippen LogP contribution is 2.48. The van der Waals surface area contributed by atoms with Crippen LogP contribution in [0.15, 0.2) is 36.4 Å². The topological polar surface area (TPSA) is 17.1 Å². The van der Waals surface area contributed by atoms with Crippen molar-refractivity contribution >= 4 is 5.78 Å². The summed E-state index contributed by atoms with van der Waals surface area (Å²) in [5.41, 5.74) is 7.14. The summed E-state index contributed by atoms with van der Waals surface area (Å²) in [6, 6.07) is 13.2. The molecule has 1 nitrogen and oxygen atoms in total. The zero-order valence-electron chi connectivity index (χ0n) is 15.7. The van der Waals surface area contributed by atoms with Gasteiger partial charge in [-0.25, -0.2) is 0 Å². The van der Waals surface area contributed by atoms with Crippen molar-refractivity contribution in [2.24, 2.45) is 11.3 Å². The summed E-state index contributed by atoms with van der Waals surface area (Å²) in [6.45, 7) is 6.52. The second kappa shape index (κ2) is 6.12. The van der Waals surface area contributed by atoms with E-state index in [0.717, 1.165) is 12.0 Å². The monoisotopic (exact) mass is 332 g/mol. The molecule has 1 heteroatoms. The van der Waals surface area contributed by atoms with Crippen molar-refractivity contribution in [3.8, 4) is 11.1 Å². The van der Waals surface area contributed by atoms with Crippen molar-refractivity contribution < 1.29 is 4.79 Å². The Morgan fingerprint density at radius 2 is 1.56 bits per heavy atom. The number of carbonyl (C=O) groups is 1. The number of benzene rings is 2. The summed E-state index contributed by atoms with van der Waals surface area (Å²) in [4.78, 5) is 13.2. The number of ketones is 1. The second-order valence-corrected chi connectivity index (χ2v) is 8.51. The highest BCUT2D eigenvalue weighted by Gasteiger charge is 2.46. The molecular formula is C24H28O. The van der Waals surface area contributed by atoms with Crippen molar-refractivity contribution in [2.45, 2.75) is 59.3 Å². The number of carbonyl (C=O) groups excluding carboxylic acids is 1. The van der Waals surface area contributed by atoms with E-state index >= 15 is 0 Å². The lowest BCUT2D eigenvalue weighted by Gasteiger charge is -2.35. The lowest BCUT2D eigenvalue weighted by molar-refractivity contribution is 0.0684. The molecule has 2 aliphatic carbocycles. The first-order valence-corrected chi connectivity index (χ1v) is 9.74. The Hall–Kier alpha value is -1.89. The minimum atomic E-state index is -0.177. The van der Waals surface area contributed by atoms with Crippen molar-refractivity contribution in [2.75, 3.05) is 0 Å². The summed E-state index contributed by atoms with van der Waals surface area (Å²) in [5, 5.41) is 0. The highest BCUT2D eigenvalue weighted by molar-refractivity contribution is 6.05. The number of fused-ring (bicyclic) bond motifs is 1. The van der Waals surface area contributed by atoms with Gasteiger partial charge in [0, 0.05) is 11.0 Å². The van der Waals surface area contributed by atoms with Crippen LogP contribution in [0.3, 0.4) is 0 Å².